The Hall–Kier alpha value is -2.51. The van der Waals surface area contributed by atoms with Gasteiger partial charge in [-0.05, 0) is 54.3 Å². The number of amides is 1. The van der Waals surface area contributed by atoms with Crippen LogP contribution in [0, 0.1) is 0 Å². The molecule has 6 nitrogen and oxygen atoms in total. The first kappa shape index (κ1) is 20.8. The standard InChI is InChI=1S/C23H24BrNO5/c1-27-19-13-16(14-20-22(19)30-12-11-29-20)5-6-21(26)25-23(7-9-28-10-8-23)17-3-2-4-18(24)15-17/h2-6,13-15H,7-12H2,1H3,(H,25,26)/b6-5+. The van der Waals surface area contributed by atoms with Gasteiger partial charge < -0.3 is 24.3 Å². The van der Waals surface area contributed by atoms with Gasteiger partial charge in [0.05, 0.1) is 12.6 Å². The van der Waals surface area contributed by atoms with E-state index in [1.807, 2.05) is 30.3 Å². The van der Waals surface area contributed by atoms with E-state index >= 15 is 0 Å². The summed E-state index contributed by atoms with van der Waals surface area (Å²) in [6.45, 7) is 2.19. The number of carbonyl (C=O) groups excluding carboxylic acids is 1. The molecule has 1 amide bonds. The lowest BCUT2D eigenvalue weighted by molar-refractivity contribution is -0.119. The molecule has 158 valence electrons. The van der Waals surface area contributed by atoms with Crippen LogP contribution in [0.4, 0.5) is 0 Å². The second kappa shape index (κ2) is 9.10. The molecule has 0 atom stereocenters. The fourth-order valence-electron chi connectivity index (χ4n) is 3.83. The van der Waals surface area contributed by atoms with Crippen LogP contribution in [0.1, 0.15) is 24.0 Å². The number of benzene rings is 2. The minimum Gasteiger partial charge on any atom is -0.493 e. The zero-order chi connectivity index (χ0) is 21.0. The van der Waals surface area contributed by atoms with E-state index < -0.39 is 5.54 Å². The number of carbonyl (C=O) groups is 1. The summed E-state index contributed by atoms with van der Waals surface area (Å²) < 4.78 is 23.2. The molecule has 2 aromatic rings. The normalized spacial score (nSPS) is 17.5. The lowest BCUT2D eigenvalue weighted by Gasteiger charge is -2.38. The molecule has 0 radical (unpaired) electrons. The van der Waals surface area contributed by atoms with Crippen LogP contribution in [0.5, 0.6) is 17.2 Å². The molecule has 0 unspecified atom stereocenters. The molecule has 1 fully saturated rings. The predicted octanol–water partition coefficient (Wildman–Crippen LogP) is 4.06. The number of nitrogens with one attached hydrogen (secondary N) is 1. The van der Waals surface area contributed by atoms with Gasteiger partial charge in [-0.3, -0.25) is 4.79 Å². The Balaban J connectivity index is 1.55. The molecule has 2 heterocycles. The Morgan fingerprint density at radius 2 is 1.93 bits per heavy atom. The molecule has 2 aliphatic heterocycles. The molecule has 7 heteroatoms. The van der Waals surface area contributed by atoms with Crippen LogP contribution in [0.25, 0.3) is 6.08 Å². The van der Waals surface area contributed by atoms with Gasteiger partial charge in [-0.15, -0.1) is 0 Å². The third kappa shape index (κ3) is 4.47. The minimum atomic E-state index is -0.450. The largest absolute Gasteiger partial charge is 0.493 e. The molecule has 0 bridgehead atoms. The van der Waals surface area contributed by atoms with Crippen molar-refractivity contribution in [3.05, 3.63) is 58.1 Å². The highest BCUT2D eigenvalue weighted by Crippen LogP contribution is 2.40. The number of ether oxygens (including phenoxy) is 4. The van der Waals surface area contributed by atoms with Crippen molar-refractivity contribution in [3.8, 4) is 17.2 Å². The van der Waals surface area contributed by atoms with E-state index in [4.69, 9.17) is 18.9 Å². The topological polar surface area (TPSA) is 66.0 Å². The minimum absolute atomic E-state index is 0.161. The Morgan fingerprint density at radius 3 is 2.70 bits per heavy atom. The number of fused-ring (bicyclic) bond motifs is 1. The van der Waals surface area contributed by atoms with Gasteiger partial charge in [-0.25, -0.2) is 0 Å². The Morgan fingerprint density at radius 1 is 1.13 bits per heavy atom. The third-order valence-corrected chi connectivity index (χ3v) is 5.86. The van der Waals surface area contributed by atoms with Crippen molar-refractivity contribution < 1.29 is 23.7 Å². The number of hydrogen-bond donors (Lipinski definition) is 1. The van der Waals surface area contributed by atoms with Crippen molar-refractivity contribution in [2.24, 2.45) is 0 Å². The van der Waals surface area contributed by atoms with Crippen LogP contribution in [0.3, 0.4) is 0 Å². The van der Waals surface area contributed by atoms with Gasteiger partial charge in [0.2, 0.25) is 11.7 Å². The molecule has 30 heavy (non-hydrogen) atoms. The first-order chi connectivity index (χ1) is 14.6. The maximum Gasteiger partial charge on any atom is 0.244 e. The molecule has 1 N–H and O–H groups in total. The molecule has 0 saturated carbocycles. The summed E-state index contributed by atoms with van der Waals surface area (Å²) in [4.78, 5) is 12.9. The summed E-state index contributed by atoms with van der Waals surface area (Å²) in [7, 11) is 1.58. The predicted molar refractivity (Wildman–Crippen MR) is 117 cm³/mol. The van der Waals surface area contributed by atoms with E-state index in [0.717, 1.165) is 28.4 Å². The zero-order valence-electron chi connectivity index (χ0n) is 16.8. The van der Waals surface area contributed by atoms with Crippen LogP contribution in [0.15, 0.2) is 46.9 Å². The lowest BCUT2D eigenvalue weighted by Crippen LogP contribution is -2.49. The highest BCUT2D eigenvalue weighted by Gasteiger charge is 2.35. The molecule has 4 rings (SSSR count). The zero-order valence-corrected chi connectivity index (χ0v) is 18.4. The second-order valence-electron chi connectivity index (χ2n) is 7.27. The average Bonchev–Trinajstić information content (AvgIpc) is 2.77. The van der Waals surface area contributed by atoms with E-state index in [9.17, 15) is 4.79 Å². The van der Waals surface area contributed by atoms with E-state index in [-0.39, 0.29) is 5.91 Å². The maximum atomic E-state index is 12.9. The number of halogens is 1. The van der Waals surface area contributed by atoms with Gasteiger partial charge >= 0.3 is 0 Å². The van der Waals surface area contributed by atoms with E-state index in [1.165, 1.54) is 0 Å². The summed E-state index contributed by atoms with van der Waals surface area (Å²) in [5.74, 6) is 1.64. The van der Waals surface area contributed by atoms with Crippen LogP contribution in [0.2, 0.25) is 0 Å². The molecular formula is C23H24BrNO5. The van der Waals surface area contributed by atoms with Crippen molar-refractivity contribution in [1.82, 2.24) is 5.32 Å². The maximum absolute atomic E-state index is 12.9. The van der Waals surface area contributed by atoms with E-state index in [2.05, 4.69) is 27.3 Å². The molecule has 0 aliphatic carbocycles. The fourth-order valence-corrected chi connectivity index (χ4v) is 4.23. The Labute approximate surface area is 184 Å². The van der Waals surface area contributed by atoms with Crippen LogP contribution in [-0.4, -0.2) is 39.4 Å². The van der Waals surface area contributed by atoms with Gasteiger partial charge in [0, 0.05) is 23.8 Å². The third-order valence-electron chi connectivity index (χ3n) is 5.36. The Kier molecular flexibility index (Phi) is 6.29. The summed E-state index contributed by atoms with van der Waals surface area (Å²) >= 11 is 3.53. The van der Waals surface area contributed by atoms with Crippen molar-refractivity contribution in [2.45, 2.75) is 18.4 Å². The molecule has 0 spiro atoms. The fraction of sp³-hybridized carbons (Fsp3) is 0.348. The molecule has 1 saturated heterocycles. The van der Waals surface area contributed by atoms with Crippen LogP contribution < -0.4 is 19.5 Å². The molecular weight excluding hydrogens is 450 g/mol. The number of rotatable bonds is 5. The summed E-state index contributed by atoms with van der Waals surface area (Å²) in [6.07, 6.45) is 4.74. The van der Waals surface area contributed by atoms with Crippen molar-refractivity contribution in [1.29, 1.82) is 0 Å². The highest BCUT2D eigenvalue weighted by atomic mass is 79.9. The average molecular weight is 474 g/mol. The lowest BCUT2D eigenvalue weighted by atomic mass is 9.82. The van der Waals surface area contributed by atoms with Gasteiger partial charge in [-0.2, -0.15) is 0 Å². The number of hydrogen-bond acceptors (Lipinski definition) is 5. The highest BCUT2D eigenvalue weighted by molar-refractivity contribution is 9.10. The second-order valence-corrected chi connectivity index (χ2v) is 8.19. The van der Waals surface area contributed by atoms with Crippen LogP contribution >= 0.6 is 15.9 Å². The smallest absolute Gasteiger partial charge is 0.244 e. The first-order valence-corrected chi connectivity index (χ1v) is 10.7. The van der Waals surface area contributed by atoms with Crippen molar-refractivity contribution >= 4 is 27.9 Å². The summed E-state index contributed by atoms with van der Waals surface area (Å²) in [6, 6.07) is 11.7. The van der Waals surface area contributed by atoms with Crippen LogP contribution in [-0.2, 0) is 15.1 Å². The summed E-state index contributed by atoms with van der Waals surface area (Å²) in [5, 5.41) is 3.22. The SMILES string of the molecule is COc1cc(/C=C/C(=O)NC2(c3cccc(Br)c3)CCOCC2)cc2c1OCCO2. The van der Waals surface area contributed by atoms with E-state index in [1.54, 1.807) is 19.3 Å². The van der Waals surface area contributed by atoms with Gasteiger partial charge in [0.25, 0.3) is 0 Å². The number of methoxy groups -OCH3 is 1. The monoisotopic (exact) mass is 473 g/mol. The molecule has 2 aliphatic rings. The summed E-state index contributed by atoms with van der Waals surface area (Å²) in [5.41, 5.74) is 1.42. The Bertz CT molecular complexity index is 935. The molecule has 0 aromatic heterocycles. The van der Waals surface area contributed by atoms with E-state index in [0.29, 0.717) is 43.7 Å². The van der Waals surface area contributed by atoms with Crippen molar-refractivity contribution in [2.75, 3.05) is 33.5 Å². The van der Waals surface area contributed by atoms with Gasteiger partial charge in [-0.1, -0.05) is 28.1 Å². The van der Waals surface area contributed by atoms with Gasteiger partial charge in [0.15, 0.2) is 11.5 Å². The molecule has 2 aromatic carbocycles. The first-order valence-electron chi connectivity index (χ1n) is 9.91. The quantitative estimate of drug-likeness (QED) is 0.663. The van der Waals surface area contributed by atoms with Gasteiger partial charge in [0.1, 0.15) is 13.2 Å². The van der Waals surface area contributed by atoms with Crippen molar-refractivity contribution in [3.63, 3.8) is 0 Å².